The van der Waals surface area contributed by atoms with E-state index in [9.17, 15) is 9.59 Å². The predicted octanol–water partition coefficient (Wildman–Crippen LogP) is 3.40. The molecular formula is C17H14O3. The number of carbonyl (C=O) groups excluding carboxylic acids is 2. The highest BCUT2D eigenvalue weighted by atomic mass is 16.5. The normalized spacial score (nSPS) is 9.85. The average Bonchev–Trinajstić information content (AvgIpc) is 2.48. The molecule has 2 aromatic carbocycles. The molecule has 0 aliphatic heterocycles. The molecule has 0 unspecified atom stereocenters. The zero-order valence-corrected chi connectivity index (χ0v) is 11.1. The van der Waals surface area contributed by atoms with Crippen LogP contribution in [0.25, 0.3) is 0 Å². The number of hydrogen-bond donors (Lipinski definition) is 0. The van der Waals surface area contributed by atoms with Crippen LogP contribution in [0.15, 0.2) is 66.7 Å². The smallest absolute Gasteiger partial charge is 0.338 e. The summed E-state index contributed by atoms with van der Waals surface area (Å²) in [5.41, 5.74) is 1.19. The number of ketones is 1. The fraction of sp³-hybridized carbons (Fsp3) is 0.0588. The number of para-hydroxylation sites is 1. The number of ether oxygens (including phenoxy) is 1. The van der Waals surface area contributed by atoms with Gasteiger partial charge in [0.25, 0.3) is 0 Å². The van der Waals surface area contributed by atoms with Crippen LogP contribution < -0.4 is 4.74 Å². The van der Waals surface area contributed by atoms with Crippen molar-refractivity contribution in [2.75, 3.05) is 0 Å². The number of carbonyl (C=O) groups is 2. The molecule has 0 bridgehead atoms. The van der Waals surface area contributed by atoms with E-state index >= 15 is 0 Å². The van der Waals surface area contributed by atoms with E-state index in [0.29, 0.717) is 11.1 Å². The largest absolute Gasteiger partial charge is 0.422 e. The van der Waals surface area contributed by atoms with Crippen molar-refractivity contribution in [1.82, 2.24) is 0 Å². The van der Waals surface area contributed by atoms with Crippen molar-refractivity contribution in [3.8, 4) is 5.75 Å². The molecular weight excluding hydrogens is 252 g/mol. The van der Waals surface area contributed by atoms with Gasteiger partial charge in [0.2, 0.25) is 0 Å². The van der Waals surface area contributed by atoms with Crippen molar-refractivity contribution in [3.05, 3.63) is 77.9 Å². The third-order valence-corrected chi connectivity index (χ3v) is 2.72. The second kappa shape index (κ2) is 5.97. The highest BCUT2D eigenvalue weighted by molar-refractivity contribution is 6.11. The molecule has 3 heteroatoms. The van der Waals surface area contributed by atoms with Gasteiger partial charge in [0.15, 0.2) is 5.78 Å². The van der Waals surface area contributed by atoms with Crippen molar-refractivity contribution in [1.29, 1.82) is 0 Å². The van der Waals surface area contributed by atoms with Gasteiger partial charge in [0, 0.05) is 11.1 Å². The zero-order chi connectivity index (χ0) is 14.5. The van der Waals surface area contributed by atoms with Crippen molar-refractivity contribution >= 4 is 11.8 Å². The molecule has 100 valence electrons. The Kier molecular flexibility index (Phi) is 4.11. The third-order valence-electron chi connectivity index (χ3n) is 2.72. The lowest BCUT2D eigenvalue weighted by atomic mass is 10.0. The van der Waals surface area contributed by atoms with Gasteiger partial charge in [0.05, 0.1) is 5.56 Å². The topological polar surface area (TPSA) is 43.4 Å². The van der Waals surface area contributed by atoms with Crippen LogP contribution in [0.1, 0.15) is 22.8 Å². The summed E-state index contributed by atoms with van der Waals surface area (Å²) in [6, 6.07) is 15.5. The molecule has 20 heavy (non-hydrogen) atoms. The molecule has 0 saturated heterocycles. The van der Waals surface area contributed by atoms with Gasteiger partial charge in [-0.2, -0.15) is 0 Å². The van der Waals surface area contributed by atoms with Gasteiger partial charge in [-0.1, -0.05) is 49.0 Å². The average molecular weight is 266 g/mol. The van der Waals surface area contributed by atoms with Crippen molar-refractivity contribution in [2.24, 2.45) is 0 Å². The van der Waals surface area contributed by atoms with Gasteiger partial charge in [-0.05, 0) is 19.1 Å². The lowest BCUT2D eigenvalue weighted by Crippen LogP contribution is -2.12. The number of rotatable bonds is 4. The summed E-state index contributed by atoms with van der Waals surface area (Å²) in [6.07, 6.45) is 0. The first-order valence-electron chi connectivity index (χ1n) is 6.16. The summed E-state index contributed by atoms with van der Waals surface area (Å²) in [5.74, 6) is -0.483. The molecule has 3 nitrogen and oxygen atoms in total. The van der Waals surface area contributed by atoms with Crippen molar-refractivity contribution in [2.45, 2.75) is 6.92 Å². The fourth-order valence-electron chi connectivity index (χ4n) is 1.68. The third kappa shape index (κ3) is 3.01. The summed E-state index contributed by atoms with van der Waals surface area (Å²) in [6.45, 7) is 5.08. The van der Waals surface area contributed by atoms with Crippen LogP contribution >= 0.6 is 0 Å². The van der Waals surface area contributed by atoms with Crippen LogP contribution in [0.5, 0.6) is 5.75 Å². The Hall–Kier alpha value is -2.68. The molecule has 2 aromatic rings. The molecule has 0 fully saturated rings. The first-order chi connectivity index (χ1) is 9.59. The van der Waals surface area contributed by atoms with E-state index in [1.165, 1.54) is 0 Å². The minimum absolute atomic E-state index is 0.185. The van der Waals surface area contributed by atoms with E-state index in [0.717, 1.165) is 0 Å². The molecule has 0 aliphatic rings. The van der Waals surface area contributed by atoms with E-state index < -0.39 is 5.97 Å². The summed E-state index contributed by atoms with van der Waals surface area (Å²) < 4.78 is 5.19. The van der Waals surface area contributed by atoms with Crippen molar-refractivity contribution in [3.63, 3.8) is 0 Å². The SMILES string of the molecule is C=C(C)C(=O)Oc1ccccc1C(=O)c1ccccc1. The molecule has 0 atom stereocenters. The van der Waals surface area contributed by atoms with Crippen LogP contribution in [0.4, 0.5) is 0 Å². The van der Waals surface area contributed by atoms with Gasteiger partial charge in [0.1, 0.15) is 5.75 Å². The van der Waals surface area contributed by atoms with Gasteiger partial charge in [-0.25, -0.2) is 4.79 Å². The van der Waals surface area contributed by atoms with Gasteiger partial charge < -0.3 is 4.74 Å². The van der Waals surface area contributed by atoms with E-state index in [1.807, 2.05) is 6.07 Å². The second-order valence-corrected chi connectivity index (χ2v) is 4.36. The Balaban J connectivity index is 2.35. The minimum Gasteiger partial charge on any atom is -0.422 e. The Morgan fingerprint density at radius 1 is 0.950 bits per heavy atom. The molecule has 0 aromatic heterocycles. The first-order valence-corrected chi connectivity index (χ1v) is 6.16. The van der Waals surface area contributed by atoms with Crippen LogP contribution in [0.3, 0.4) is 0 Å². The Labute approximate surface area is 117 Å². The molecule has 0 N–H and O–H groups in total. The fourth-order valence-corrected chi connectivity index (χ4v) is 1.68. The summed E-state index contributed by atoms with van der Waals surface area (Å²) >= 11 is 0. The monoisotopic (exact) mass is 266 g/mol. The Morgan fingerprint density at radius 2 is 1.55 bits per heavy atom. The Morgan fingerprint density at radius 3 is 2.20 bits per heavy atom. The van der Waals surface area contributed by atoms with Gasteiger partial charge in [-0.3, -0.25) is 4.79 Å². The van der Waals surface area contributed by atoms with Gasteiger partial charge in [-0.15, -0.1) is 0 Å². The van der Waals surface area contributed by atoms with Crippen LogP contribution in [-0.4, -0.2) is 11.8 Å². The maximum absolute atomic E-state index is 12.4. The van der Waals surface area contributed by atoms with E-state index in [2.05, 4.69) is 6.58 Å². The summed E-state index contributed by atoms with van der Waals surface area (Å²) in [7, 11) is 0. The van der Waals surface area contributed by atoms with E-state index in [1.54, 1.807) is 55.5 Å². The summed E-state index contributed by atoms with van der Waals surface area (Å²) in [5, 5.41) is 0. The highest BCUT2D eigenvalue weighted by Crippen LogP contribution is 2.22. The molecule has 0 aliphatic carbocycles. The maximum Gasteiger partial charge on any atom is 0.338 e. The summed E-state index contributed by atoms with van der Waals surface area (Å²) in [4.78, 5) is 24.0. The molecule has 0 amide bonds. The van der Waals surface area contributed by atoms with Crippen LogP contribution in [0, 0.1) is 0 Å². The molecule has 2 rings (SSSR count). The Bertz CT molecular complexity index is 657. The minimum atomic E-state index is -0.543. The number of hydrogen-bond acceptors (Lipinski definition) is 3. The lowest BCUT2D eigenvalue weighted by Gasteiger charge is -2.09. The van der Waals surface area contributed by atoms with E-state index in [4.69, 9.17) is 4.74 Å². The maximum atomic E-state index is 12.4. The quantitative estimate of drug-likeness (QED) is 0.369. The molecule has 0 saturated carbocycles. The zero-order valence-electron chi connectivity index (χ0n) is 11.1. The predicted molar refractivity (Wildman–Crippen MR) is 76.8 cm³/mol. The van der Waals surface area contributed by atoms with E-state index in [-0.39, 0.29) is 17.1 Å². The second-order valence-electron chi connectivity index (χ2n) is 4.36. The van der Waals surface area contributed by atoms with Crippen LogP contribution in [0.2, 0.25) is 0 Å². The van der Waals surface area contributed by atoms with Gasteiger partial charge >= 0.3 is 5.97 Å². The molecule has 0 heterocycles. The van der Waals surface area contributed by atoms with Crippen molar-refractivity contribution < 1.29 is 14.3 Å². The standard InChI is InChI=1S/C17H14O3/c1-12(2)17(19)20-15-11-7-6-10-14(15)16(18)13-8-4-3-5-9-13/h3-11H,1H2,2H3. The lowest BCUT2D eigenvalue weighted by molar-refractivity contribution is -0.130. The number of esters is 1. The first kappa shape index (κ1) is 13.7. The number of benzene rings is 2. The molecule has 0 radical (unpaired) electrons. The van der Waals surface area contributed by atoms with Crippen LogP contribution in [-0.2, 0) is 4.79 Å². The highest BCUT2D eigenvalue weighted by Gasteiger charge is 2.16. The molecule has 0 spiro atoms.